The van der Waals surface area contributed by atoms with Gasteiger partial charge in [0, 0.05) is 11.8 Å². The van der Waals surface area contributed by atoms with Crippen molar-refractivity contribution < 1.29 is 23.0 Å². The largest absolute Gasteiger partial charge is 0.394 e. The number of hydrogen-bond acceptors (Lipinski definition) is 5. The summed E-state index contributed by atoms with van der Waals surface area (Å²) in [6, 6.07) is 0. The highest BCUT2D eigenvalue weighted by Crippen LogP contribution is 2.43. The van der Waals surface area contributed by atoms with Crippen molar-refractivity contribution in [3.63, 3.8) is 0 Å². The van der Waals surface area contributed by atoms with Gasteiger partial charge in [-0.2, -0.15) is 13.8 Å². The molecule has 0 radical (unpaired) electrons. The minimum absolute atomic E-state index is 0.131. The SMILES string of the molecule is C=Cc1cn(C2OC(CO)C(F)C2(F)F)c(=O)nc1N. The topological polar surface area (TPSA) is 90.4 Å². The Morgan fingerprint density at radius 2 is 2.30 bits per heavy atom. The summed E-state index contributed by atoms with van der Waals surface area (Å²) in [5, 5.41) is 8.81. The maximum Gasteiger partial charge on any atom is 0.351 e. The van der Waals surface area contributed by atoms with E-state index in [-0.39, 0.29) is 11.4 Å². The van der Waals surface area contributed by atoms with Crippen LogP contribution in [0.4, 0.5) is 19.0 Å². The van der Waals surface area contributed by atoms with Gasteiger partial charge in [-0.1, -0.05) is 12.7 Å². The van der Waals surface area contributed by atoms with Gasteiger partial charge < -0.3 is 15.6 Å². The van der Waals surface area contributed by atoms with Crippen LogP contribution < -0.4 is 11.4 Å². The van der Waals surface area contributed by atoms with Crippen LogP contribution in [-0.2, 0) is 4.74 Å². The van der Waals surface area contributed by atoms with Gasteiger partial charge in [0.05, 0.1) is 6.61 Å². The number of halogens is 3. The molecule has 3 unspecified atom stereocenters. The molecule has 1 saturated heterocycles. The summed E-state index contributed by atoms with van der Waals surface area (Å²) in [6.07, 6.45) is -4.47. The predicted octanol–water partition coefficient (Wildman–Crippen LogP) is 0.332. The molecule has 3 N–H and O–H groups in total. The van der Waals surface area contributed by atoms with E-state index in [0.717, 1.165) is 6.20 Å². The summed E-state index contributed by atoms with van der Waals surface area (Å²) in [5.74, 6) is -4.16. The van der Waals surface area contributed by atoms with Crippen molar-refractivity contribution in [3.05, 3.63) is 28.8 Å². The van der Waals surface area contributed by atoms with Gasteiger partial charge >= 0.3 is 11.6 Å². The second-order valence-corrected chi connectivity index (χ2v) is 4.26. The van der Waals surface area contributed by atoms with E-state index in [4.69, 9.17) is 15.6 Å². The highest BCUT2D eigenvalue weighted by molar-refractivity contribution is 5.57. The molecular formula is C11H12F3N3O3. The number of nitrogens with zero attached hydrogens (tertiary/aromatic N) is 2. The number of aliphatic hydroxyl groups excluding tert-OH is 1. The monoisotopic (exact) mass is 291 g/mol. The molecule has 3 atom stereocenters. The zero-order valence-electron chi connectivity index (χ0n) is 10.2. The minimum Gasteiger partial charge on any atom is -0.394 e. The van der Waals surface area contributed by atoms with Gasteiger partial charge in [0.2, 0.25) is 6.23 Å². The fraction of sp³-hybridized carbons (Fsp3) is 0.455. The van der Waals surface area contributed by atoms with Crippen molar-refractivity contribution in [1.82, 2.24) is 9.55 Å². The lowest BCUT2D eigenvalue weighted by molar-refractivity contribution is -0.130. The van der Waals surface area contributed by atoms with E-state index in [1.165, 1.54) is 6.08 Å². The van der Waals surface area contributed by atoms with E-state index in [0.29, 0.717) is 4.57 Å². The van der Waals surface area contributed by atoms with E-state index >= 15 is 0 Å². The fourth-order valence-electron chi connectivity index (χ4n) is 1.92. The van der Waals surface area contributed by atoms with Crippen LogP contribution in [0.15, 0.2) is 17.6 Å². The lowest BCUT2D eigenvalue weighted by Gasteiger charge is -2.20. The Kier molecular flexibility index (Phi) is 3.57. The lowest BCUT2D eigenvalue weighted by atomic mass is 10.1. The van der Waals surface area contributed by atoms with Crippen molar-refractivity contribution in [1.29, 1.82) is 0 Å². The molecule has 1 aliphatic rings. The number of rotatable bonds is 3. The molecule has 1 aliphatic heterocycles. The van der Waals surface area contributed by atoms with E-state index in [2.05, 4.69) is 11.6 Å². The number of hydrogen-bond donors (Lipinski definition) is 2. The third-order valence-corrected chi connectivity index (χ3v) is 2.99. The molecule has 1 aromatic heterocycles. The van der Waals surface area contributed by atoms with Gasteiger partial charge in [-0.3, -0.25) is 4.57 Å². The average molecular weight is 291 g/mol. The first-order valence-electron chi connectivity index (χ1n) is 5.62. The van der Waals surface area contributed by atoms with Crippen LogP contribution in [0.1, 0.15) is 11.8 Å². The summed E-state index contributed by atoms with van der Waals surface area (Å²) in [7, 11) is 0. The van der Waals surface area contributed by atoms with Crippen LogP contribution in [0.3, 0.4) is 0 Å². The van der Waals surface area contributed by atoms with Crippen molar-refractivity contribution >= 4 is 11.9 Å². The number of nitrogen functional groups attached to an aromatic ring is 1. The summed E-state index contributed by atoms with van der Waals surface area (Å²) in [5.41, 5.74) is 4.43. The fourth-order valence-corrected chi connectivity index (χ4v) is 1.92. The summed E-state index contributed by atoms with van der Waals surface area (Å²) in [6.45, 7) is 2.46. The third kappa shape index (κ3) is 2.08. The molecule has 1 fully saturated rings. The zero-order valence-corrected chi connectivity index (χ0v) is 10.2. The molecule has 0 spiro atoms. The molecular weight excluding hydrogens is 279 g/mol. The maximum absolute atomic E-state index is 13.8. The van der Waals surface area contributed by atoms with Gasteiger partial charge in [0.15, 0.2) is 6.17 Å². The number of anilines is 1. The highest BCUT2D eigenvalue weighted by atomic mass is 19.3. The van der Waals surface area contributed by atoms with Crippen LogP contribution in [0.25, 0.3) is 6.08 Å². The van der Waals surface area contributed by atoms with Crippen molar-refractivity contribution in [3.8, 4) is 0 Å². The van der Waals surface area contributed by atoms with Crippen LogP contribution in [0, 0.1) is 0 Å². The standard InChI is InChI=1S/C11H12F3N3O3/c1-2-5-3-17(10(19)16-8(5)15)9-11(13,14)7(12)6(4-18)20-9/h2-3,6-7,9,18H,1,4H2,(H2,15,16,19). The van der Waals surface area contributed by atoms with Gasteiger partial charge in [-0.05, 0) is 0 Å². The molecule has 2 heterocycles. The molecule has 110 valence electrons. The molecule has 0 aliphatic carbocycles. The maximum atomic E-state index is 13.8. The first-order chi connectivity index (χ1) is 9.32. The Labute approximate surface area is 111 Å². The number of alkyl halides is 3. The average Bonchev–Trinajstić information content (AvgIpc) is 2.62. The van der Waals surface area contributed by atoms with Gasteiger partial charge in [0.25, 0.3) is 0 Å². The molecule has 0 bridgehead atoms. The summed E-state index contributed by atoms with van der Waals surface area (Å²) < 4.78 is 46.2. The van der Waals surface area contributed by atoms with Crippen molar-refractivity contribution in [2.45, 2.75) is 24.4 Å². The van der Waals surface area contributed by atoms with Crippen LogP contribution >= 0.6 is 0 Å². The number of ether oxygens (including phenoxy) is 1. The zero-order chi connectivity index (χ0) is 15.1. The molecule has 0 aromatic carbocycles. The summed E-state index contributed by atoms with van der Waals surface area (Å²) in [4.78, 5) is 15.0. The van der Waals surface area contributed by atoms with E-state index < -0.39 is 36.7 Å². The number of nitrogens with two attached hydrogens (primary N) is 1. The quantitative estimate of drug-likeness (QED) is 0.837. The normalized spacial score (nSPS) is 28.5. The Hall–Kier alpha value is -1.87. The molecule has 6 nitrogen and oxygen atoms in total. The van der Waals surface area contributed by atoms with Crippen molar-refractivity contribution in [2.24, 2.45) is 0 Å². The van der Waals surface area contributed by atoms with Crippen LogP contribution in [0.2, 0.25) is 0 Å². The molecule has 1 aromatic rings. The molecule has 20 heavy (non-hydrogen) atoms. The van der Waals surface area contributed by atoms with Crippen molar-refractivity contribution in [2.75, 3.05) is 12.3 Å². The van der Waals surface area contributed by atoms with Crippen LogP contribution in [0.5, 0.6) is 0 Å². The smallest absolute Gasteiger partial charge is 0.351 e. The lowest BCUT2D eigenvalue weighted by Crippen LogP contribution is -2.40. The van der Waals surface area contributed by atoms with Gasteiger partial charge in [-0.25, -0.2) is 9.18 Å². The predicted molar refractivity (Wildman–Crippen MR) is 63.8 cm³/mol. The highest BCUT2D eigenvalue weighted by Gasteiger charge is 2.60. The minimum atomic E-state index is -3.98. The number of aromatic nitrogens is 2. The first kappa shape index (κ1) is 14.5. The molecule has 2 rings (SSSR count). The Bertz CT molecular complexity index is 590. The molecule has 9 heteroatoms. The number of aliphatic hydroxyl groups is 1. The van der Waals surface area contributed by atoms with Crippen LogP contribution in [-0.4, -0.2) is 39.5 Å². The Balaban J connectivity index is 2.52. The van der Waals surface area contributed by atoms with E-state index in [1.807, 2.05) is 0 Å². The van der Waals surface area contributed by atoms with E-state index in [1.54, 1.807) is 0 Å². The molecule has 0 saturated carbocycles. The second kappa shape index (κ2) is 4.91. The second-order valence-electron chi connectivity index (χ2n) is 4.26. The van der Waals surface area contributed by atoms with E-state index in [9.17, 15) is 18.0 Å². The van der Waals surface area contributed by atoms with Gasteiger partial charge in [-0.15, -0.1) is 0 Å². The van der Waals surface area contributed by atoms with Gasteiger partial charge in [0.1, 0.15) is 11.9 Å². The Morgan fingerprint density at radius 3 is 2.80 bits per heavy atom. The summed E-state index contributed by atoms with van der Waals surface area (Å²) >= 11 is 0. The Morgan fingerprint density at radius 1 is 1.65 bits per heavy atom. The molecule has 0 amide bonds. The third-order valence-electron chi connectivity index (χ3n) is 2.99. The first-order valence-corrected chi connectivity index (χ1v) is 5.62.